The van der Waals surface area contributed by atoms with Gasteiger partial charge in [0, 0.05) is 5.56 Å². The van der Waals surface area contributed by atoms with Crippen LogP contribution in [0, 0.1) is 5.82 Å². The molecule has 0 amide bonds. The Morgan fingerprint density at radius 3 is 2.35 bits per heavy atom. The summed E-state index contributed by atoms with van der Waals surface area (Å²) in [5.41, 5.74) is -0.587. The molecule has 0 saturated heterocycles. The molecular weight excluding hydrogens is 327 g/mol. The van der Waals surface area contributed by atoms with Crippen molar-refractivity contribution in [3.8, 4) is 0 Å². The quantitative estimate of drug-likeness (QED) is 0.600. The largest absolute Gasteiger partial charge is 0.278 e. The molecule has 2 unspecified atom stereocenters. The maximum Gasteiger partial charge on any atom is 0.256 e. The van der Waals surface area contributed by atoms with Gasteiger partial charge in [0.25, 0.3) is 5.24 Å². The lowest BCUT2D eigenvalue weighted by atomic mass is 9.94. The Kier molecular flexibility index (Phi) is 4.94. The van der Waals surface area contributed by atoms with Crippen LogP contribution in [0.2, 0.25) is 0 Å². The second-order valence-electron chi connectivity index (χ2n) is 3.21. The molecule has 17 heavy (non-hydrogen) atoms. The summed E-state index contributed by atoms with van der Waals surface area (Å²) in [6.07, 6.45) is -5.89. The van der Waals surface area contributed by atoms with Gasteiger partial charge in [-0.05, 0) is 33.6 Å². The van der Waals surface area contributed by atoms with Crippen LogP contribution in [-0.4, -0.2) is 17.8 Å². The van der Waals surface area contributed by atoms with E-state index in [2.05, 4.69) is 15.9 Å². The van der Waals surface area contributed by atoms with Gasteiger partial charge in [-0.3, -0.25) is 4.79 Å². The predicted molar refractivity (Wildman–Crippen MR) is 58.6 cm³/mol. The highest BCUT2D eigenvalue weighted by Gasteiger charge is 2.37. The molecule has 0 heterocycles. The lowest BCUT2D eigenvalue weighted by Gasteiger charge is -2.19. The smallest absolute Gasteiger partial charge is 0.256 e. The number of hydrogen-bond donors (Lipinski definition) is 0. The predicted octanol–water partition coefficient (Wildman–Crippen LogP) is 4.04. The first-order valence-electron chi connectivity index (χ1n) is 4.41. The molecule has 1 rings (SSSR count). The number of carbonyl (C=O) groups excluding carboxylic acids is 1. The summed E-state index contributed by atoms with van der Waals surface area (Å²) in [7, 11) is 0. The Hall–Kier alpha value is -0.620. The second-order valence-corrected chi connectivity index (χ2v) is 4.44. The summed E-state index contributed by atoms with van der Waals surface area (Å²) in [6, 6.07) is 3.53. The molecule has 0 aliphatic rings. The van der Waals surface area contributed by atoms with Crippen LogP contribution >= 0.6 is 27.5 Å². The van der Waals surface area contributed by atoms with E-state index in [0.29, 0.717) is 0 Å². The number of alkyl halides is 3. The van der Waals surface area contributed by atoms with Crippen molar-refractivity contribution in [2.24, 2.45) is 0 Å². The molecule has 0 spiro atoms. The van der Waals surface area contributed by atoms with Gasteiger partial charge in [0.1, 0.15) is 5.82 Å². The fraction of sp³-hybridized carbons (Fsp3) is 0.300. The van der Waals surface area contributed by atoms with Gasteiger partial charge in [-0.1, -0.05) is 12.1 Å². The van der Waals surface area contributed by atoms with Crippen LogP contribution in [0.1, 0.15) is 11.5 Å². The van der Waals surface area contributed by atoms with Gasteiger partial charge >= 0.3 is 0 Å². The van der Waals surface area contributed by atoms with Crippen molar-refractivity contribution in [2.75, 3.05) is 0 Å². The van der Waals surface area contributed by atoms with Crippen molar-refractivity contribution < 1.29 is 22.4 Å². The highest BCUT2D eigenvalue weighted by Crippen LogP contribution is 2.34. The van der Waals surface area contributed by atoms with Crippen LogP contribution in [0.5, 0.6) is 0 Å². The minimum Gasteiger partial charge on any atom is -0.278 e. The summed E-state index contributed by atoms with van der Waals surface area (Å²) in [4.78, 5) is 10.6. The summed E-state index contributed by atoms with van der Waals surface area (Å²) in [5.74, 6) is -3.24. The minimum atomic E-state index is -3.24. The zero-order valence-corrected chi connectivity index (χ0v) is 10.5. The molecule has 1 aromatic carbocycles. The Morgan fingerprint density at radius 1 is 1.29 bits per heavy atom. The zero-order valence-electron chi connectivity index (χ0n) is 8.14. The highest BCUT2D eigenvalue weighted by molar-refractivity contribution is 9.10. The number of carbonyl (C=O) groups is 1. The molecule has 0 bridgehead atoms. The molecule has 1 nitrogen and oxygen atoms in total. The molecule has 1 aromatic rings. The third kappa shape index (κ3) is 3.19. The van der Waals surface area contributed by atoms with E-state index in [1.54, 1.807) is 0 Å². The van der Waals surface area contributed by atoms with E-state index in [0.717, 1.165) is 6.07 Å². The van der Waals surface area contributed by atoms with Crippen molar-refractivity contribution >= 4 is 32.8 Å². The fourth-order valence-corrected chi connectivity index (χ4v) is 1.86. The molecule has 0 aliphatic carbocycles. The van der Waals surface area contributed by atoms with Crippen LogP contribution in [0.15, 0.2) is 22.7 Å². The van der Waals surface area contributed by atoms with Crippen LogP contribution in [0.3, 0.4) is 0 Å². The summed E-state index contributed by atoms with van der Waals surface area (Å²) in [6.45, 7) is 0. The third-order valence-electron chi connectivity index (χ3n) is 2.14. The molecular formula is C10H6BrClF4O. The van der Waals surface area contributed by atoms with E-state index in [-0.39, 0.29) is 4.47 Å². The number of rotatable bonds is 4. The van der Waals surface area contributed by atoms with Crippen molar-refractivity contribution in [2.45, 2.75) is 18.5 Å². The lowest BCUT2D eigenvalue weighted by molar-refractivity contribution is -0.118. The zero-order chi connectivity index (χ0) is 13.2. The van der Waals surface area contributed by atoms with Gasteiger partial charge in [-0.2, -0.15) is 0 Å². The fourth-order valence-electron chi connectivity index (χ4n) is 1.34. The molecule has 0 aromatic heterocycles. The van der Waals surface area contributed by atoms with Crippen molar-refractivity contribution in [3.05, 3.63) is 34.1 Å². The number of benzene rings is 1. The Bertz CT molecular complexity index is 427. The average molecular weight is 334 g/mol. The van der Waals surface area contributed by atoms with Crippen LogP contribution in [-0.2, 0) is 4.79 Å². The SMILES string of the molecule is O=C(Cl)C(F)C(c1cccc(Br)c1F)C(F)F. The average Bonchev–Trinajstić information content (AvgIpc) is 2.23. The Labute approximate surface area is 108 Å². The summed E-state index contributed by atoms with van der Waals surface area (Å²) in [5, 5.41) is -1.57. The molecule has 0 N–H and O–H groups in total. The van der Waals surface area contributed by atoms with E-state index >= 15 is 0 Å². The van der Waals surface area contributed by atoms with E-state index in [4.69, 9.17) is 11.6 Å². The van der Waals surface area contributed by atoms with Gasteiger partial charge in [-0.15, -0.1) is 0 Å². The maximum absolute atomic E-state index is 13.5. The van der Waals surface area contributed by atoms with E-state index in [1.165, 1.54) is 12.1 Å². The highest BCUT2D eigenvalue weighted by atomic mass is 79.9. The van der Waals surface area contributed by atoms with Gasteiger partial charge in [0.15, 0.2) is 6.17 Å². The summed E-state index contributed by atoms with van der Waals surface area (Å²) < 4.78 is 52.1. The normalized spacial score (nSPS) is 14.8. The Balaban J connectivity index is 3.24. The van der Waals surface area contributed by atoms with E-state index in [9.17, 15) is 22.4 Å². The molecule has 7 heteroatoms. The molecule has 0 aliphatic heterocycles. The van der Waals surface area contributed by atoms with Crippen molar-refractivity contribution in [1.29, 1.82) is 0 Å². The van der Waals surface area contributed by atoms with Gasteiger partial charge in [0.2, 0.25) is 6.43 Å². The maximum atomic E-state index is 13.5. The molecule has 2 atom stereocenters. The summed E-state index contributed by atoms with van der Waals surface area (Å²) >= 11 is 7.62. The molecule has 0 fully saturated rings. The van der Waals surface area contributed by atoms with E-state index < -0.39 is 35.1 Å². The first kappa shape index (κ1) is 14.4. The van der Waals surface area contributed by atoms with E-state index in [1.807, 2.05) is 0 Å². The number of hydrogen-bond acceptors (Lipinski definition) is 1. The first-order chi connectivity index (χ1) is 7.86. The van der Waals surface area contributed by atoms with Gasteiger partial charge < -0.3 is 0 Å². The van der Waals surface area contributed by atoms with Gasteiger partial charge in [-0.25, -0.2) is 17.6 Å². The van der Waals surface area contributed by atoms with Crippen molar-refractivity contribution in [3.63, 3.8) is 0 Å². The Morgan fingerprint density at radius 2 is 1.88 bits per heavy atom. The second kappa shape index (κ2) is 5.82. The number of halogens is 6. The van der Waals surface area contributed by atoms with Crippen LogP contribution < -0.4 is 0 Å². The third-order valence-corrected chi connectivity index (χ3v) is 2.97. The van der Waals surface area contributed by atoms with Crippen LogP contribution in [0.4, 0.5) is 17.6 Å². The molecule has 0 radical (unpaired) electrons. The minimum absolute atomic E-state index is 0.0881. The van der Waals surface area contributed by atoms with Gasteiger partial charge in [0.05, 0.1) is 10.4 Å². The topological polar surface area (TPSA) is 17.1 Å². The lowest BCUT2D eigenvalue weighted by Crippen LogP contribution is -2.27. The first-order valence-corrected chi connectivity index (χ1v) is 5.58. The monoisotopic (exact) mass is 332 g/mol. The standard InChI is InChI=1S/C10H6BrClF4O/c11-5-3-1-2-4(7(5)13)6(10(15)16)8(14)9(12)17/h1-3,6,8,10H. The molecule has 0 saturated carbocycles. The van der Waals surface area contributed by atoms with Crippen molar-refractivity contribution in [1.82, 2.24) is 0 Å². The van der Waals surface area contributed by atoms with Crippen LogP contribution in [0.25, 0.3) is 0 Å². The molecule has 94 valence electrons.